The molecule has 0 spiro atoms. The summed E-state index contributed by atoms with van der Waals surface area (Å²) in [4.78, 5) is 41.7. The number of piperazine rings is 1. The van der Waals surface area contributed by atoms with E-state index in [1.165, 1.54) is 21.9 Å². The van der Waals surface area contributed by atoms with E-state index in [1.54, 1.807) is 7.11 Å². The molecule has 52 heavy (non-hydrogen) atoms. The van der Waals surface area contributed by atoms with E-state index in [9.17, 15) is 9.59 Å². The molecule has 0 radical (unpaired) electrons. The Balaban J connectivity index is 1.40. The highest BCUT2D eigenvalue weighted by atomic mass is 32.1. The average Bonchev–Trinajstić information content (AvgIpc) is 3.74. The monoisotopic (exact) mass is 728 g/mol. The van der Waals surface area contributed by atoms with E-state index in [0.717, 1.165) is 82.5 Å². The second kappa shape index (κ2) is 14.9. The number of cyclic esters (lactones) is 1. The summed E-state index contributed by atoms with van der Waals surface area (Å²) in [6.45, 7) is 13.8. The van der Waals surface area contributed by atoms with E-state index < -0.39 is 17.5 Å². The molecule has 278 valence electrons. The van der Waals surface area contributed by atoms with Gasteiger partial charge in [0.2, 0.25) is 0 Å². The molecular weight excluding hydrogens is 677 g/mol. The third kappa shape index (κ3) is 7.21. The van der Waals surface area contributed by atoms with Crippen molar-refractivity contribution in [3.63, 3.8) is 0 Å². The molecule has 1 aromatic carbocycles. The summed E-state index contributed by atoms with van der Waals surface area (Å²) in [5, 5.41) is 5.46. The lowest BCUT2D eigenvalue weighted by Crippen LogP contribution is -2.59. The predicted molar refractivity (Wildman–Crippen MR) is 205 cm³/mol. The zero-order chi connectivity index (χ0) is 36.7. The van der Waals surface area contributed by atoms with E-state index in [4.69, 9.17) is 25.2 Å². The number of rotatable bonds is 5. The molecule has 2 saturated heterocycles. The molecule has 6 heterocycles. The number of fused-ring (bicyclic) bond motifs is 6. The lowest BCUT2D eigenvalue weighted by atomic mass is 9.84. The first kappa shape index (κ1) is 36.5. The van der Waals surface area contributed by atoms with Gasteiger partial charge in [-0.2, -0.15) is 0 Å². The maximum absolute atomic E-state index is 13.5. The summed E-state index contributed by atoms with van der Waals surface area (Å²) >= 11 is 1.51. The molecule has 13 heteroatoms. The van der Waals surface area contributed by atoms with Crippen molar-refractivity contribution in [1.82, 2.24) is 29.9 Å². The summed E-state index contributed by atoms with van der Waals surface area (Å²) in [6.07, 6.45) is 3.98. The third-order valence-electron chi connectivity index (χ3n) is 10.8. The Morgan fingerprint density at radius 3 is 2.69 bits per heavy atom. The van der Waals surface area contributed by atoms with Crippen molar-refractivity contribution in [3.05, 3.63) is 52.1 Å². The molecule has 0 saturated carbocycles. The minimum absolute atomic E-state index is 0.214. The lowest BCUT2D eigenvalue weighted by molar-refractivity contribution is -0.154. The first-order valence-electron chi connectivity index (χ1n) is 18.5. The number of benzene rings is 1. The molecule has 7 rings (SSSR count). The quantitative estimate of drug-likeness (QED) is 0.277. The van der Waals surface area contributed by atoms with Crippen molar-refractivity contribution in [1.29, 1.82) is 0 Å². The maximum atomic E-state index is 13.5. The minimum atomic E-state index is -0.784. The van der Waals surface area contributed by atoms with Crippen molar-refractivity contribution in [2.75, 3.05) is 58.4 Å². The van der Waals surface area contributed by atoms with Gasteiger partial charge in [-0.15, -0.1) is 11.3 Å². The van der Waals surface area contributed by atoms with Crippen LogP contribution in [0.5, 0.6) is 0 Å². The molecule has 0 aliphatic carbocycles. The van der Waals surface area contributed by atoms with Crippen LogP contribution in [0.15, 0.2) is 35.8 Å². The van der Waals surface area contributed by atoms with Gasteiger partial charge in [-0.1, -0.05) is 19.9 Å². The number of esters is 1. The molecule has 2 fully saturated rings. The molecule has 3 atom stereocenters. The van der Waals surface area contributed by atoms with Gasteiger partial charge in [-0.3, -0.25) is 19.6 Å². The van der Waals surface area contributed by atoms with E-state index in [-0.39, 0.29) is 24.6 Å². The highest BCUT2D eigenvalue weighted by Crippen LogP contribution is 2.43. The van der Waals surface area contributed by atoms with E-state index in [2.05, 4.69) is 78.8 Å². The van der Waals surface area contributed by atoms with E-state index >= 15 is 0 Å². The second-order valence-electron chi connectivity index (χ2n) is 15.3. The van der Waals surface area contributed by atoms with Crippen LogP contribution in [-0.2, 0) is 38.4 Å². The fourth-order valence-electron chi connectivity index (χ4n) is 7.75. The van der Waals surface area contributed by atoms with Crippen molar-refractivity contribution in [3.8, 4) is 22.5 Å². The smallest absolute Gasteiger partial charge is 0.324 e. The number of hydrogen-bond acceptors (Lipinski definition) is 11. The number of ether oxygens (including phenoxy) is 2. The Labute approximate surface area is 310 Å². The van der Waals surface area contributed by atoms with Gasteiger partial charge in [-0.05, 0) is 63.9 Å². The van der Waals surface area contributed by atoms with Gasteiger partial charge in [0.05, 0.1) is 52.7 Å². The Morgan fingerprint density at radius 2 is 1.94 bits per heavy atom. The molecule has 3 aromatic heterocycles. The van der Waals surface area contributed by atoms with Gasteiger partial charge in [-0.25, -0.2) is 10.4 Å². The van der Waals surface area contributed by atoms with Crippen LogP contribution in [0.2, 0.25) is 0 Å². The molecule has 3 aliphatic rings. The van der Waals surface area contributed by atoms with Gasteiger partial charge in [0, 0.05) is 85.6 Å². The molecular formula is C39H52N8O4S. The number of carbonyl (C=O) groups is 2. The van der Waals surface area contributed by atoms with Crippen LogP contribution in [0.3, 0.4) is 0 Å². The largest absolute Gasteiger partial charge is 0.464 e. The van der Waals surface area contributed by atoms with Gasteiger partial charge in [0.25, 0.3) is 5.91 Å². The molecule has 12 nitrogen and oxygen atoms in total. The molecule has 0 unspecified atom stereocenters. The highest BCUT2D eigenvalue weighted by molar-refractivity contribution is 7.10. The number of aromatic nitrogens is 3. The fourth-order valence-corrected chi connectivity index (χ4v) is 8.61. The fraction of sp³-hybridized carbons (Fsp3) is 0.538. The predicted octanol–water partition coefficient (Wildman–Crippen LogP) is 4.80. The first-order valence-corrected chi connectivity index (χ1v) is 19.4. The summed E-state index contributed by atoms with van der Waals surface area (Å²) in [5.41, 5.74) is 17.4. The summed E-state index contributed by atoms with van der Waals surface area (Å²) < 4.78 is 14.4. The Hall–Kier alpha value is -3.88. The number of aryl methyl sites for hydroxylation is 1. The van der Waals surface area contributed by atoms with Crippen LogP contribution >= 0.6 is 11.3 Å². The second-order valence-corrected chi connectivity index (χ2v) is 16.2. The molecule has 3 N–H and O–H groups in total. The third-order valence-corrected chi connectivity index (χ3v) is 11.7. The zero-order valence-electron chi connectivity index (χ0n) is 31.3. The van der Waals surface area contributed by atoms with Gasteiger partial charge < -0.3 is 29.6 Å². The van der Waals surface area contributed by atoms with E-state index in [1.807, 2.05) is 11.6 Å². The molecule has 6 bridgehead atoms. The molecule has 4 aromatic rings. The number of thiazole rings is 1. The number of likely N-dealkylation sites (N-methyl/N-ethyl adjacent to an activating group) is 1. The number of nitrogens with two attached hydrogens (primary N) is 1. The number of carbonyl (C=O) groups excluding carboxylic acids is 2. The number of pyridine rings is 1. The van der Waals surface area contributed by atoms with Crippen LogP contribution in [0.1, 0.15) is 62.9 Å². The van der Waals surface area contributed by atoms with Gasteiger partial charge >= 0.3 is 5.97 Å². The number of anilines is 1. The summed E-state index contributed by atoms with van der Waals surface area (Å²) in [6, 6.07) is 7.47. The Kier molecular flexibility index (Phi) is 10.4. The lowest BCUT2D eigenvalue weighted by Gasteiger charge is -2.35. The SMILES string of the molecule is CCn1c(-c2cc(N3CCN(C)CC3)cnc2[C@H](C)OC)c2c3cc(ccc31)-c1csc(n1)C[C@H](N)C(=O)N1CCC[C@H](N1)C(=O)OCC(C)(C)C2. The molecule has 1 amide bonds. The van der Waals surface area contributed by atoms with E-state index in [0.29, 0.717) is 32.2 Å². The average molecular weight is 729 g/mol. The molecule has 3 aliphatic heterocycles. The summed E-state index contributed by atoms with van der Waals surface area (Å²) in [7, 11) is 3.90. The summed E-state index contributed by atoms with van der Waals surface area (Å²) in [5.74, 6) is -0.604. The standard InChI is InChI=1S/C39H52N8O4S/c1-7-46-33-11-10-25-17-27(33)29(36(46)28-18-26(21-41-35(28)24(2)50-6)45-15-13-44(5)14-16-45)20-39(3,4)23-51-38(49)31-9-8-12-47(43-31)37(48)30(40)19-34-42-32(25)22-52-34/h10-11,17-18,21-22,24,30-31,43H,7-9,12-16,19-20,23,40H2,1-6H3/t24-,30-,31-/m0/s1. The van der Waals surface area contributed by atoms with Crippen LogP contribution in [0.25, 0.3) is 33.4 Å². The first-order chi connectivity index (χ1) is 25.0. The highest BCUT2D eigenvalue weighted by Gasteiger charge is 2.34. The number of hydrogen-bond donors (Lipinski definition) is 2. The number of hydrazine groups is 1. The normalized spacial score (nSPS) is 22.4. The van der Waals surface area contributed by atoms with Gasteiger partial charge in [0.15, 0.2) is 0 Å². The number of nitrogens with zero attached hydrogens (tertiary/aromatic N) is 6. The zero-order valence-corrected chi connectivity index (χ0v) is 32.1. The van der Waals surface area contributed by atoms with Crippen LogP contribution in [0.4, 0.5) is 5.69 Å². The maximum Gasteiger partial charge on any atom is 0.324 e. The van der Waals surface area contributed by atoms with Crippen LogP contribution < -0.4 is 16.1 Å². The van der Waals surface area contributed by atoms with Crippen molar-refractivity contribution in [2.24, 2.45) is 11.1 Å². The van der Waals surface area contributed by atoms with Crippen LogP contribution in [0, 0.1) is 5.41 Å². The minimum Gasteiger partial charge on any atom is -0.464 e. The van der Waals surface area contributed by atoms with Crippen LogP contribution in [-0.4, -0.2) is 102 Å². The Bertz CT molecular complexity index is 1950. The van der Waals surface area contributed by atoms with Crippen molar-refractivity contribution < 1.29 is 19.1 Å². The number of nitrogens with one attached hydrogen (secondary N) is 1. The number of methoxy groups -OCH3 is 1. The Morgan fingerprint density at radius 1 is 1.15 bits per heavy atom. The number of amides is 1. The van der Waals surface area contributed by atoms with Crippen molar-refractivity contribution in [2.45, 2.75) is 78.1 Å². The topological polar surface area (TPSA) is 131 Å². The van der Waals surface area contributed by atoms with Gasteiger partial charge in [0.1, 0.15) is 6.04 Å². The van der Waals surface area contributed by atoms with Crippen molar-refractivity contribution >= 4 is 39.8 Å².